The van der Waals surface area contributed by atoms with E-state index in [9.17, 15) is 4.79 Å². The highest BCUT2D eigenvalue weighted by molar-refractivity contribution is 5.66. The number of allylic oxidation sites excluding steroid dienone is 8. The summed E-state index contributed by atoms with van der Waals surface area (Å²) in [5.41, 5.74) is 0. The molecule has 0 aromatic heterocycles. The van der Waals surface area contributed by atoms with Gasteiger partial charge in [-0.15, -0.1) is 0 Å². The number of ether oxygens (including phenoxy) is 1. The second-order valence-electron chi connectivity index (χ2n) is 6.44. The first-order valence-corrected chi connectivity index (χ1v) is 9.69. The van der Waals surface area contributed by atoms with Crippen molar-refractivity contribution in [2.24, 2.45) is 0 Å². The highest BCUT2D eigenvalue weighted by Crippen LogP contribution is 2.23. The van der Waals surface area contributed by atoms with Crippen LogP contribution in [0.3, 0.4) is 0 Å². The van der Waals surface area contributed by atoms with E-state index in [1.165, 1.54) is 44.9 Å². The van der Waals surface area contributed by atoms with Crippen LogP contribution in [0.25, 0.3) is 0 Å². The van der Waals surface area contributed by atoms with Gasteiger partial charge >= 0.3 is 11.9 Å². The van der Waals surface area contributed by atoms with Crippen LogP contribution < -0.4 is 0 Å². The highest BCUT2D eigenvalue weighted by Gasteiger charge is 2.19. The van der Waals surface area contributed by atoms with Gasteiger partial charge in [0.15, 0.2) is 0 Å². The molecule has 0 saturated carbocycles. The minimum absolute atomic E-state index is 0.0149. The van der Waals surface area contributed by atoms with Gasteiger partial charge in [0.05, 0.1) is 0 Å². The number of carboxylic acid groups (broad SMARTS) is 1. The monoisotopic (exact) mass is 360 g/mol. The van der Waals surface area contributed by atoms with Crippen LogP contribution in [0, 0.1) is 0 Å². The first kappa shape index (κ1) is 21.8. The summed E-state index contributed by atoms with van der Waals surface area (Å²) in [7, 11) is 0. The average Bonchev–Trinajstić information content (AvgIpc) is 3.32. The molecule has 0 unspecified atom stereocenters. The predicted molar refractivity (Wildman–Crippen MR) is 106 cm³/mol. The quantitative estimate of drug-likeness (QED) is 0.249. The summed E-state index contributed by atoms with van der Waals surface area (Å²) in [6, 6.07) is 0. The number of aliphatic carboxylic acids is 1. The minimum atomic E-state index is -0.678. The van der Waals surface area contributed by atoms with Crippen molar-refractivity contribution in [1.29, 1.82) is 0 Å². The molecule has 0 fully saturated rings. The Labute approximate surface area is 157 Å². The number of unbranched alkanes of at least 4 members (excludes halogenated alkanes) is 9. The molecule has 0 atom stereocenters. The van der Waals surface area contributed by atoms with Crippen molar-refractivity contribution in [2.45, 2.75) is 70.6 Å². The third-order valence-electron chi connectivity index (χ3n) is 4.08. The number of carboxylic acids is 1. The summed E-state index contributed by atoms with van der Waals surface area (Å²) >= 11 is 0. The molecule has 26 heavy (non-hydrogen) atoms. The number of carbonyl (C=O) groups is 1. The smallest absolute Gasteiger partial charge is 0.327 e. The van der Waals surface area contributed by atoms with Crippen LogP contribution >= 0.6 is 0 Å². The van der Waals surface area contributed by atoms with Gasteiger partial charge in [-0.05, 0) is 25.3 Å². The Morgan fingerprint density at radius 3 is 1.85 bits per heavy atom. The van der Waals surface area contributed by atoms with Gasteiger partial charge in [-0.1, -0.05) is 87.5 Å². The molecule has 0 bridgehead atoms. The van der Waals surface area contributed by atoms with Crippen LogP contribution in [0.4, 0.5) is 0 Å². The maximum atomic E-state index is 10.4. The fraction of sp³-hybridized carbons (Fsp3) is 0.500. The topological polar surface area (TPSA) is 70.1 Å². The molecule has 0 amide bonds. The Bertz CT molecular complexity index is 538. The first-order chi connectivity index (χ1) is 12.7. The standard InChI is InChI=1S/C22H32O4/c23-21(24)19-17-15-13-11-9-7-5-3-1-2-4-6-8-10-12-14-16-18-20-22(25)26-20/h4,6,8,10,12,14,16,18,25H,1-3,5,7,9,11,13,15,17,19H2,(H,23,24). The maximum Gasteiger partial charge on any atom is 0.327 e. The van der Waals surface area contributed by atoms with Gasteiger partial charge in [-0.3, -0.25) is 4.79 Å². The van der Waals surface area contributed by atoms with E-state index in [0.717, 1.165) is 19.3 Å². The third kappa shape index (κ3) is 14.1. The second kappa shape index (κ2) is 15.1. The maximum absolute atomic E-state index is 10.4. The summed E-state index contributed by atoms with van der Waals surface area (Å²) < 4.78 is 4.68. The zero-order valence-electron chi connectivity index (χ0n) is 15.6. The van der Waals surface area contributed by atoms with E-state index >= 15 is 0 Å². The summed E-state index contributed by atoms with van der Waals surface area (Å²) in [6.45, 7) is 0. The minimum Gasteiger partial charge on any atom is -0.481 e. The van der Waals surface area contributed by atoms with Crippen molar-refractivity contribution in [3.05, 3.63) is 60.3 Å². The van der Waals surface area contributed by atoms with E-state index in [1.807, 2.05) is 30.4 Å². The fourth-order valence-electron chi connectivity index (χ4n) is 2.53. The van der Waals surface area contributed by atoms with Crippen molar-refractivity contribution in [1.82, 2.24) is 0 Å². The lowest BCUT2D eigenvalue weighted by Crippen LogP contribution is -1.93. The van der Waals surface area contributed by atoms with Crippen molar-refractivity contribution >= 4 is 5.97 Å². The lowest BCUT2D eigenvalue weighted by Gasteiger charge is -2.01. The molecule has 0 aromatic rings. The molecule has 0 radical (unpaired) electrons. The lowest BCUT2D eigenvalue weighted by atomic mass is 10.1. The third-order valence-corrected chi connectivity index (χ3v) is 4.08. The normalized spacial score (nSPS) is 14.3. The van der Waals surface area contributed by atoms with E-state index in [4.69, 9.17) is 10.2 Å². The molecular weight excluding hydrogens is 328 g/mol. The zero-order chi connectivity index (χ0) is 18.9. The molecule has 0 spiro atoms. The molecule has 4 nitrogen and oxygen atoms in total. The van der Waals surface area contributed by atoms with Crippen LogP contribution in [0.1, 0.15) is 70.6 Å². The fourth-order valence-corrected chi connectivity index (χ4v) is 2.53. The van der Waals surface area contributed by atoms with Crippen LogP contribution in [0.2, 0.25) is 0 Å². The largest absolute Gasteiger partial charge is 0.481 e. The molecule has 0 aliphatic carbocycles. The molecule has 1 aliphatic rings. The average molecular weight is 360 g/mol. The van der Waals surface area contributed by atoms with Gasteiger partial charge < -0.3 is 14.9 Å². The zero-order valence-corrected chi connectivity index (χ0v) is 15.6. The van der Waals surface area contributed by atoms with E-state index in [0.29, 0.717) is 12.2 Å². The summed E-state index contributed by atoms with van der Waals surface area (Å²) in [6.07, 6.45) is 27.7. The van der Waals surface area contributed by atoms with Gasteiger partial charge in [0, 0.05) is 6.42 Å². The van der Waals surface area contributed by atoms with Crippen LogP contribution in [0.15, 0.2) is 60.3 Å². The number of hydrogen-bond acceptors (Lipinski definition) is 3. The predicted octanol–water partition coefficient (Wildman–Crippen LogP) is 6.34. The van der Waals surface area contributed by atoms with Crippen molar-refractivity contribution in [3.63, 3.8) is 0 Å². The van der Waals surface area contributed by atoms with Crippen LogP contribution in [-0.4, -0.2) is 16.2 Å². The molecular formula is C22H32O4. The van der Waals surface area contributed by atoms with Gasteiger partial charge in [0.25, 0.3) is 0 Å². The Balaban J connectivity index is 1.81. The second-order valence-corrected chi connectivity index (χ2v) is 6.44. The molecule has 2 N–H and O–H groups in total. The van der Waals surface area contributed by atoms with Gasteiger partial charge in [0.2, 0.25) is 5.76 Å². The molecule has 144 valence electrons. The number of rotatable bonds is 16. The summed E-state index contributed by atoms with van der Waals surface area (Å²) in [5.74, 6) is -0.127. The summed E-state index contributed by atoms with van der Waals surface area (Å²) in [4.78, 5) is 10.4. The number of hydrogen-bond donors (Lipinski definition) is 2. The first-order valence-electron chi connectivity index (χ1n) is 9.69. The molecule has 1 rings (SSSR count). The van der Waals surface area contributed by atoms with Gasteiger partial charge in [-0.2, -0.15) is 0 Å². The van der Waals surface area contributed by atoms with Crippen LogP contribution in [0.5, 0.6) is 0 Å². The molecule has 1 aliphatic heterocycles. The molecule has 1 heterocycles. The summed E-state index contributed by atoms with van der Waals surface area (Å²) in [5, 5.41) is 17.4. The molecule has 4 heteroatoms. The highest BCUT2D eigenvalue weighted by atomic mass is 16.7. The van der Waals surface area contributed by atoms with E-state index in [2.05, 4.69) is 16.9 Å². The SMILES string of the molecule is O=C(O)CCCCCCCCCCCC=CC=CC=CC=CC1=C(O)O1. The Hall–Kier alpha value is -2.23. The molecule has 0 aromatic carbocycles. The van der Waals surface area contributed by atoms with Crippen molar-refractivity contribution < 1.29 is 19.7 Å². The Kier molecular flexibility index (Phi) is 12.6. The number of aliphatic hydroxyl groups is 1. The van der Waals surface area contributed by atoms with E-state index < -0.39 is 5.97 Å². The van der Waals surface area contributed by atoms with Crippen molar-refractivity contribution in [3.8, 4) is 0 Å². The van der Waals surface area contributed by atoms with E-state index in [1.54, 1.807) is 6.08 Å². The Morgan fingerprint density at radius 2 is 1.27 bits per heavy atom. The van der Waals surface area contributed by atoms with E-state index in [-0.39, 0.29) is 5.95 Å². The molecule has 0 saturated heterocycles. The Morgan fingerprint density at radius 1 is 0.769 bits per heavy atom. The lowest BCUT2D eigenvalue weighted by molar-refractivity contribution is -0.137. The van der Waals surface area contributed by atoms with Gasteiger partial charge in [-0.25, -0.2) is 0 Å². The van der Waals surface area contributed by atoms with Crippen molar-refractivity contribution in [2.75, 3.05) is 0 Å². The van der Waals surface area contributed by atoms with Gasteiger partial charge in [0.1, 0.15) is 0 Å². The number of aliphatic hydroxyl groups excluding tert-OH is 1. The van der Waals surface area contributed by atoms with Crippen LogP contribution in [-0.2, 0) is 9.53 Å².